The van der Waals surface area contributed by atoms with E-state index in [1.807, 2.05) is 0 Å². The van der Waals surface area contributed by atoms with Gasteiger partial charge in [0, 0.05) is 24.2 Å². The van der Waals surface area contributed by atoms with E-state index in [1.165, 1.54) is 22.9 Å². The van der Waals surface area contributed by atoms with Gasteiger partial charge in [0.25, 0.3) is 5.91 Å². The summed E-state index contributed by atoms with van der Waals surface area (Å²) in [5, 5.41) is 4.37. The van der Waals surface area contributed by atoms with Crippen molar-refractivity contribution in [3.8, 4) is 0 Å². The Morgan fingerprint density at radius 2 is 1.79 bits per heavy atom. The molecule has 1 aliphatic heterocycles. The number of rotatable bonds is 7. The number of carbonyl (C=O) groups excluding carboxylic acids is 2. The first-order chi connectivity index (χ1) is 16.0. The third-order valence-corrected chi connectivity index (χ3v) is 10.3. The summed E-state index contributed by atoms with van der Waals surface area (Å²) in [7, 11) is -3.51. The molecule has 2 unspecified atom stereocenters. The lowest BCUT2D eigenvalue weighted by molar-refractivity contribution is -0.147. The second-order valence-corrected chi connectivity index (χ2v) is 12.5. The molecule has 1 heterocycles. The number of sulfonamides is 1. The summed E-state index contributed by atoms with van der Waals surface area (Å²) in [6.07, 6.45) is 5.93. The van der Waals surface area contributed by atoms with Gasteiger partial charge in [0.2, 0.25) is 10.0 Å². The average Bonchev–Trinajstić information content (AvgIpc) is 3.16. The number of benzene rings is 1. The smallest absolute Gasteiger partial charge is 0.310 e. The number of hydrazone groups is 1. The van der Waals surface area contributed by atoms with Crippen molar-refractivity contribution in [2.75, 3.05) is 19.7 Å². The van der Waals surface area contributed by atoms with Crippen LogP contribution in [-0.2, 0) is 30.8 Å². The molecule has 1 aromatic carbocycles. The summed E-state index contributed by atoms with van der Waals surface area (Å²) in [5.41, 5.74) is 4.36. The number of fused-ring (bicyclic) bond motifs is 2. The van der Waals surface area contributed by atoms with E-state index in [9.17, 15) is 18.0 Å². The fourth-order valence-corrected chi connectivity index (χ4v) is 7.17. The summed E-state index contributed by atoms with van der Waals surface area (Å²) < 4.78 is 32.1. The van der Waals surface area contributed by atoms with Crippen molar-refractivity contribution < 1.29 is 22.7 Å². The Kier molecular flexibility index (Phi) is 6.88. The second-order valence-electron chi connectivity index (χ2n) is 10.5. The zero-order valence-corrected chi connectivity index (χ0v) is 21.1. The molecule has 9 heteroatoms. The zero-order valence-electron chi connectivity index (χ0n) is 20.3. The molecule has 3 fully saturated rings. The van der Waals surface area contributed by atoms with Crippen molar-refractivity contribution >= 4 is 27.6 Å². The summed E-state index contributed by atoms with van der Waals surface area (Å²) >= 11 is 0. The lowest BCUT2D eigenvalue weighted by Gasteiger charge is -2.34. The van der Waals surface area contributed by atoms with E-state index in [1.54, 1.807) is 12.1 Å². The van der Waals surface area contributed by atoms with Crippen LogP contribution < -0.4 is 5.43 Å². The Morgan fingerprint density at radius 3 is 2.38 bits per heavy atom. The van der Waals surface area contributed by atoms with Crippen LogP contribution in [0, 0.1) is 16.7 Å². The maximum absolute atomic E-state index is 12.7. The first kappa shape index (κ1) is 24.9. The molecule has 2 aliphatic carbocycles. The van der Waals surface area contributed by atoms with Crippen LogP contribution in [-0.4, -0.2) is 50.0 Å². The van der Waals surface area contributed by atoms with Gasteiger partial charge in [-0.2, -0.15) is 9.41 Å². The lowest BCUT2D eigenvalue weighted by Crippen LogP contribution is -2.35. The van der Waals surface area contributed by atoms with Gasteiger partial charge >= 0.3 is 5.97 Å². The minimum atomic E-state index is -3.51. The summed E-state index contributed by atoms with van der Waals surface area (Å²) in [6, 6.07) is 6.27. The number of nitrogens with one attached hydrogen (secondary N) is 1. The minimum absolute atomic E-state index is 0.00470. The highest BCUT2D eigenvalue weighted by Gasteiger charge is 2.60. The first-order valence-corrected chi connectivity index (χ1v) is 13.6. The van der Waals surface area contributed by atoms with Crippen LogP contribution in [0.15, 0.2) is 34.3 Å². The molecule has 2 saturated carbocycles. The standard InChI is InChI=1S/C25H35N3O5S/c1-24(2)19-11-12-25(24,3)21(16-19)26-27-22(29)17-33-23(30)15-18-7-9-20(10-8-18)34(31,32)28-13-5-4-6-14-28/h7-10,19H,4-6,11-17H2,1-3H3,(H,27,29)/b26-21-. The monoisotopic (exact) mass is 489 g/mol. The number of ether oxygens (including phenoxy) is 1. The normalized spacial score (nSPS) is 27.6. The van der Waals surface area contributed by atoms with Gasteiger partial charge in [-0.25, -0.2) is 13.8 Å². The van der Waals surface area contributed by atoms with E-state index in [4.69, 9.17) is 4.74 Å². The van der Waals surface area contributed by atoms with Crippen molar-refractivity contribution in [2.45, 2.75) is 70.6 Å². The molecule has 34 heavy (non-hydrogen) atoms. The highest BCUT2D eigenvalue weighted by Crippen LogP contribution is 2.63. The maximum atomic E-state index is 12.7. The highest BCUT2D eigenvalue weighted by molar-refractivity contribution is 7.89. The van der Waals surface area contributed by atoms with Gasteiger partial charge in [0.15, 0.2) is 6.61 Å². The molecular formula is C25H35N3O5S. The topological polar surface area (TPSA) is 105 Å². The number of hydrogen-bond acceptors (Lipinski definition) is 6. The van der Waals surface area contributed by atoms with Gasteiger partial charge in [-0.05, 0) is 61.1 Å². The third kappa shape index (κ3) is 4.64. The van der Waals surface area contributed by atoms with Crippen LogP contribution in [0.25, 0.3) is 0 Å². The molecule has 4 rings (SSSR count). The van der Waals surface area contributed by atoms with Gasteiger partial charge in [0.05, 0.1) is 11.3 Å². The van der Waals surface area contributed by atoms with Gasteiger partial charge < -0.3 is 4.74 Å². The molecule has 1 N–H and O–H groups in total. The van der Waals surface area contributed by atoms with E-state index >= 15 is 0 Å². The highest BCUT2D eigenvalue weighted by atomic mass is 32.2. The summed E-state index contributed by atoms with van der Waals surface area (Å²) in [6.45, 7) is 7.44. The predicted octanol–water partition coefficient (Wildman–Crippen LogP) is 3.27. The Hall–Kier alpha value is -2.26. The largest absolute Gasteiger partial charge is 0.455 e. The molecule has 2 atom stereocenters. The average molecular weight is 490 g/mol. The third-order valence-electron chi connectivity index (χ3n) is 8.42. The van der Waals surface area contributed by atoms with E-state index in [-0.39, 0.29) is 22.1 Å². The molecule has 8 nitrogen and oxygen atoms in total. The summed E-state index contributed by atoms with van der Waals surface area (Å²) in [4.78, 5) is 24.6. The molecule has 1 amide bonds. The molecule has 1 aromatic rings. The Morgan fingerprint density at radius 1 is 1.12 bits per heavy atom. The van der Waals surface area contributed by atoms with E-state index in [2.05, 4.69) is 31.3 Å². The van der Waals surface area contributed by atoms with Crippen LogP contribution >= 0.6 is 0 Å². The van der Waals surface area contributed by atoms with Crippen molar-refractivity contribution in [1.82, 2.24) is 9.73 Å². The van der Waals surface area contributed by atoms with E-state index in [0.29, 0.717) is 24.6 Å². The SMILES string of the molecule is CC12CCC(C/C1=N/NC(=O)COC(=O)Cc1ccc(S(=O)(=O)N3CCCCC3)cc1)C2(C)C. The molecular weight excluding hydrogens is 454 g/mol. The minimum Gasteiger partial charge on any atom is -0.455 e. The second kappa shape index (κ2) is 9.41. The molecule has 0 radical (unpaired) electrons. The fourth-order valence-electron chi connectivity index (χ4n) is 5.66. The van der Waals surface area contributed by atoms with Crippen molar-refractivity contribution in [3.05, 3.63) is 29.8 Å². The van der Waals surface area contributed by atoms with Crippen LogP contribution in [0.3, 0.4) is 0 Å². The van der Waals surface area contributed by atoms with E-state index < -0.39 is 28.5 Å². The molecule has 0 spiro atoms. The summed E-state index contributed by atoms with van der Waals surface area (Å²) in [5.74, 6) is -0.428. The van der Waals surface area contributed by atoms with Crippen LogP contribution in [0.4, 0.5) is 0 Å². The number of piperidine rings is 1. The van der Waals surface area contributed by atoms with Crippen molar-refractivity contribution in [2.24, 2.45) is 21.8 Å². The number of amides is 1. The maximum Gasteiger partial charge on any atom is 0.310 e. The molecule has 3 aliphatic rings. The number of nitrogens with zero attached hydrogens (tertiary/aromatic N) is 2. The number of hydrogen-bond donors (Lipinski definition) is 1. The Labute approximate surface area is 202 Å². The van der Waals surface area contributed by atoms with Crippen molar-refractivity contribution in [3.63, 3.8) is 0 Å². The van der Waals surface area contributed by atoms with Gasteiger partial charge in [0.1, 0.15) is 0 Å². The fraction of sp³-hybridized carbons (Fsp3) is 0.640. The van der Waals surface area contributed by atoms with Gasteiger partial charge in [-0.3, -0.25) is 9.59 Å². The van der Waals surface area contributed by atoms with Gasteiger partial charge in [-0.15, -0.1) is 0 Å². The molecule has 0 aromatic heterocycles. The molecule has 1 saturated heterocycles. The predicted molar refractivity (Wildman–Crippen MR) is 129 cm³/mol. The quantitative estimate of drug-likeness (QED) is 0.468. The Bertz CT molecular complexity index is 1070. The molecule has 2 bridgehead atoms. The Balaban J connectivity index is 1.25. The zero-order chi connectivity index (χ0) is 24.6. The van der Waals surface area contributed by atoms with Crippen LogP contribution in [0.1, 0.15) is 64.9 Å². The first-order valence-electron chi connectivity index (χ1n) is 12.1. The van der Waals surface area contributed by atoms with E-state index in [0.717, 1.165) is 37.8 Å². The number of esters is 1. The van der Waals surface area contributed by atoms with Crippen LogP contribution in [0.5, 0.6) is 0 Å². The van der Waals surface area contributed by atoms with Crippen LogP contribution in [0.2, 0.25) is 0 Å². The lowest BCUT2D eigenvalue weighted by atomic mass is 9.70. The van der Waals surface area contributed by atoms with Crippen molar-refractivity contribution in [1.29, 1.82) is 0 Å². The van der Waals surface area contributed by atoms with Gasteiger partial charge in [-0.1, -0.05) is 39.3 Å². The molecule has 186 valence electrons. The number of carbonyl (C=O) groups is 2.